The van der Waals surface area contributed by atoms with E-state index in [1.54, 1.807) is 6.92 Å². The van der Waals surface area contributed by atoms with Gasteiger partial charge in [0.05, 0.1) is 30.8 Å². The van der Waals surface area contributed by atoms with Gasteiger partial charge < -0.3 is 32.9 Å². The van der Waals surface area contributed by atoms with E-state index < -0.39 is 52.1 Å². The van der Waals surface area contributed by atoms with E-state index in [2.05, 4.69) is 81.6 Å². The van der Waals surface area contributed by atoms with E-state index in [9.17, 15) is 9.90 Å². The minimum atomic E-state index is -2.29. The summed E-state index contributed by atoms with van der Waals surface area (Å²) >= 11 is 0. The molecule has 2 fully saturated rings. The molecule has 1 N–H and O–H groups in total. The van der Waals surface area contributed by atoms with Crippen molar-refractivity contribution < 1.29 is 37.7 Å². The largest absolute Gasteiger partial charge is 0.481 e. The highest BCUT2D eigenvalue weighted by Gasteiger charge is 2.63. The maximum absolute atomic E-state index is 12.7. The fraction of sp³-hybridized carbons (Fsp3) is 0.816. The van der Waals surface area contributed by atoms with Crippen molar-refractivity contribution in [2.45, 2.75) is 180 Å². The Morgan fingerprint density at radius 2 is 1.46 bits per heavy atom. The summed E-state index contributed by atoms with van der Waals surface area (Å²) in [6.45, 7) is 30.9. The van der Waals surface area contributed by atoms with Gasteiger partial charge in [0.1, 0.15) is 18.5 Å². The SMILES string of the molecule is C[C@@H]([C@H](O[Si](C)(C)C(C)(C)C)[C@@H](C)O[Si](C)(C)C(C)(C)C)[C@H]1OC2(CCCCC2)O[C@]1(C)[C@H](OCOCc1ccccc1)[C@H](C)C(=O)O. The maximum Gasteiger partial charge on any atom is 0.308 e. The van der Waals surface area contributed by atoms with Crippen molar-refractivity contribution in [3.05, 3.63) is 35.9 Å². The third-order valence-electron chi connectivity index (χ3n) is 11.8. The molecule has 0 amide bonds. The first-order valence-electron chi connectivity index (χ1n) is 18.2. The average molecular weight is 709 g/mol. The van der Waals surface area contributed by atoms with Crippen LogP contribution in [-0.2, 0) is 39.2 Å². The van der Waals surface area contributed by atoms with Gasteiger partial charge in [-0.2, -0.15) is 0 Å². The topological polar surface area (TPSA) is 92.7 Å². The van der Waals surface area contributed by atoms with Gasteiger partial charge in [0.25, 0.3) is 0 Å². The molecule has 1 aromatic rings. The van der Waals surface area contributed by atoms with Gasteiger partial charge in [-0.3, -0.25) is 4.79 Å². The van der Waals surface area contributed by atoms with Gasteiger partial charge in [0.2, 0.25) is 0 Å². The highest BCUT2D eigenvalue weighted by Crippen LogP contribution is 2.52. The van der Waals surface area contributed by atoms with Crippen molar-refractivity contribution in [2.24, 2.45) is 11.8 Å². The van der Waals surface area contributed by atoms with Gasteiger partial charge in [-0.1, -0.05) is 85.2 Å². The zero-order valence-electron chi connectivity index (χ0n) is 32.6. The summed E-state index contributed by atoms with van der Waals surface area (Å²) < 4.78 is 41.0. The van der Waals surface area contributed by atoms with Crippen LogP contribution >= 0.6 is 0 Å². The Balaban J connectivity index is 2.05. The number of carboxylic acids is 1. The summed E-state index contributed by atoms with van der Waals surface area (Å²) in [7, 11) is -4.46. The summed E-state index contributed by atoms with van der Waals surface area (Å²) in [5.74, 6) is -2.84. The molecular formula is C38H68O8Si2. The highest BCUT2D eigenvalue weighted by molar-refractivity contribution is 6.74. The molecule has 0 bridgehead atoms. The van der Waals surface area contributed by atoms with E-state index in [4.69, 9.17) is 27.8 Å². The molecule has 1 aliphatic heterocycles. The Morgan fingerprint density at radius 1 is 0.917 bits per heavy atom. The summed E-state index contributed by atoms with van der Waals surface area (Å²) in [6, 6.07) is 9.88. The second kappa shape index (κ2) is 15.6. The molecule has 1 aliphatic carbocycles. The van der Waals surface area contributed by atoms with E-state index in [0.717, 1.165) is 37.7 Å². The molecule has 1 spiro atoms. The van der Waals surface area contributed by atoms with Crippen molar-refractivity contribution in [1.82, 2.24) is 0 Å². The smallest absolute Gasteiger partial charge is 0.308 e. The first-order valence-corrected chi connectivity index (χ1v) is 24.0. The Kier molecular flexibility index (Phi) is 13.5. The van der Waals surface area contributed by atoms with E-state index >= 15 is 0 Å². The van der Waals surface area contributed by atoms with Crippen molar-refractivity contribution in [3.63, 3.8) is 0 Å². The van der Waals surface area contributed by atoms with Gasteiger partial charge in [-0.25, -0.2) is 0 Å². The van der Waals surface area contributed by atoms with Crippen LogP contribution < -0.4 is 0 Å². The molecule has 7 atom stereocenters. The zero-order chi connectivity index (χ0) is 36.3. The first-order chi connectivity index (χ1) is 22.0. The summed E-state index contributed by atoms with van der Waals surface area (Å²) in [5, 5.41) is 10.4. The lowest BCUT2D eigenvalue weighted by molar-refractivity contribution is -0.238. The van der Waals surface area contributed by atoms with Gasteiger partial charge in [-0.05, 0) is 75.4 Å². The van der Waals surface area contributed by atoms with E-state index in [0.29, 0.717) is 6.61 Å². The summed E-state index contributed by atoms with van der Waals surface area (Å²) in [4.78, 5) is 12.7. The fourth-order valence-corrected chi connectivity index (χ4v) is 9.67. The number of hydrogen-bond acceptors (Lipinski definition) is 7. The number of ether oxygens (including phenoxy) is 4. The van der Waals surface area contributed by atoms with Crippen molar-refractivity contribution in [1.29, 1.82) is 0 Å². The monoisotopic (exact) mass is 708 g/mol. The third-order valence-corrected chi connectivity index (χ3v) is 20.8. The second-order valence-electron chi connectivity index (χ2n) is 17.7. The predicted molar refractivity (Wildman–Crippen MR) is 197 cm³/mol. The minimum Gasteiger partial charge on any atom is -0.481 e. The maximum atomic E-state index is 12.7. The Morgan fingerprint density at radius 3 is 1.98 bits per heavy atom. The normalized spacial score (nSPS) is 25.4. The molecule has 0 radical (unpaired) electrons. The second-order valence-corrected chi connectivity index (χ2v) is 27.3. The average Bonchev–Trinajstić information content (AvgIpc) is 3.26. The molecular weight excluding hydrogens is 641 g/mol. The van der Waals surface area contributed by atoms with Crippen molar-refractivity contribution >= 4 is 22.6 Å². The van der Waals surface area contributed by atoms with E-state index in [1.807, 2.05) is 37.3 Å². The molecule has 1 heterocycles. The molecule has 0 aromatic heterocycles. The quantitative estimate of drug-likeness (QED) is 0.109. The van der Waals surface area contributed by atoms with Crippen molar-refractivity contribution in [2.75, 3.05) is 6.79 Å². The number of carboxylic acid groups (broad SMARTS) is 1. The molecule has 10 heteroatoms. The van der Waals surface area contributed by atoms with E-state index in [1.165, 1.54) is 0 Å². The molecule has 3 rings (SSSR count). The molecule has 1 saturated carbocycles. The molecule has 276 valence electrons. The number of rotatable bonds is 15. The molecule has 0 unspecified atom stereocenters. The molecule has 8 nitrogen and oxygen atoms in total. The Labute approximate surface area is 294 Å². The van der Waals surface area contributed by atoms with Crippen LogP contribution in [0.5, 0.6) is 0 Å². The van der Waals surface area contributed by atoms with Crippen molar-refractivity contribution in [3.8, 4) is 0 Å². The van der Waals surface area contributed by atoms with Crippen LogP contribution in [0.4, 0.5) is 0 Å². The fourth-order valence-electron chi connectivity index (χ4n) is 6.81. The molecule has 1 saturated heterocycles. The van der Waals surface area contributed by atoms with Gasteiger partial charge in [-0.15, -0.1) is 0 Å². The van der Waals surface area contributed by atoms with Gasteiger partial charge >= 0.3 is 5.97 Å². The van der Waals surface area contributed by atoms with E-state index in [-0.39, 0.29) is 35.0 Å². The zero-order valence-corrected chi connectivity index (χ0v) is 34.6. The van der Waals surface area contributed by atoms with Crippen LogP contribution in [0, 0.1) is 11.8 Å². The van der Waals surface area contributed by atoms with Crippen LogP contribution in [0.2, 0.25) is 36.3 Å². The molecule has 48 heavy (non-hydrogen) atoms. The number of aliphatic carboxylic acids is 1. The van der Waals surface area contributed by atoms with Crippen LogP contribution in [0.15, 0.2) is 30.3 Å². The van der Waals surface area contributed by atoms with Gasteiger partial charge in [0.15, 0.2) is 22.4 Å². The first kappa shape index (κ1) is 41.3. The lowest BCUT2D eigenvalue weighted by Crippen LogP contribution is -2.60. The standard InChI is InChI=1S/C38H68O8Si2/c1-27(31(45-48(13,14)36(7,8)9)29(3)44-47(11,12)35(4,5)6)33-37(10,46-38(43-33)23-19-16-20-24-38)32(28(2)34(39)40)42-26-41-25-30-21-17-15-18-22-30/h15,17-18,21-22,27-29,31-33H,16,19-20,23-26H2,1-14H3,(H,39,40)/t27-,28-,29+,31-,32+,33+,37+/m0/s1. The van der Waals surface area contributed by atoms with Crippen LogP contribution in [0.25, 0.3) is 0 Å². The number of hydrogen-bond donors (Lipinski definition) is 1. The van der Waals surface area contributed by atoms with Gasteiger partial charge in [0, 0.05) is 18.8 Å². The van der Waals surface area contributed by atoms with Crippen LogP contribution in [-0.4, -0.2) is 70.3 Å². The van der Waals surface area contributed by atoms with Crippen LogP contribution in [0.3, 0.4) is 0 Å². The Bertz CT molecular complexity index is 1170. The molecule has 1 aromatic carbocycles. The lowest BCUT2D eigenvalue weighted by atomic mass is 9.77. The minimum absolute atomic E-state index is 0.0231. The third kappa shape index (κ3) is 9.60. The number of carbonyl (C=O) groups is 1. The predicted octanol–water partition coefficient (Wildman–Crippen LogP) is 9.54. The lowest BCUT2D eigenvalue weighted by Gasteiger charge is -2.48. The Hall–Kier alpha value is -1.12. The number of benzene rings is 1. The summed E-state index contributed by atoms with van der Waals surface area (Å²) in [5.41, 5.74) is -0.0826. The highest BCUT2D eigenvalue weighted by atomic mass is 28.4. The molecule has 2 aliphatic rings. The van der Waals surface area contributed by atoms with Crippen LogP contribution in [0.1, 0.15) is 107 Å². The summed E-state index contributed by atoms with van der Waals surface area (Å²) in [6.07, 6.45) is 2.72.